The lowest BCUT2D eigenvalue weighted by Gasteiger charge is -2.18. The largest absolute Gasteiger partial charge is 0.467 e. The monoisotopic (exact) mass is 287 g/mol. The third-order valence-electron chi connectivity index (χ3n) is 3.20. The molecule has 0 aliphatic carbocycles. The molecule has 0 aliphatic rings. The minimum Gasteiger partial charge on any atom is -0.467 e. The zero-order chi connectivity index (χ0) is 15.4. The number of aryl methyl sites for hydroxylation is 2. The predicted octanol–water partition coefficient (Wildman–Crippen LogP) is 3.77. The number of carbonyl (C=O) groups excluding carboxylic acids is 1. The van der Waals surface area contributed by atoms with Gasteiger partial charge in [0, 0.05) is 5.69 Å². The van der Waals surface area contributed by atoms with Gasteiger partial charge in [0.05, 0.1) is 7.11 Å². The average Bonchev–Trinajstić information content (AvgIpc) is 2.44. The molecule has 0 saturated carbocycles. The molecule has 0 aromatic heterocycles. The molecule has 0 heterocycles. The van der Waals surface area contributed by atoms with Crippen LogP contribution >= 0.6 is 0 Å². The highest BCUT2D eigenvalue weighted by Crippen LogP contribution is 2.23. The summed E-state index contributed by atoms with van der Waals surface area (Å²) in [5.74, 6) is -0.759. The molecule has 2 aromatic carbocycles. The molecule has 0 spiro atoms. The molecule has 4 heteroatoms. The molecule has 0 radical (unpaired) electrons. The highest BCUT2D eigenvalue weighted by molar-refractivity contribution is 5.81. The maximum Gasteiger partial charge on any atom is 0.332 e. The summed E-state index contributed by atoms with van der Waals surface area (Å²) in [6, 6.07) is 11.5. The summed E-state index contributed by atoms with van der Waals surface area (Å²) < 4.78 is 18.3. The second-order valence-corrected chi connectivity index (χ2v) is 5.03. The lowest BCUT2D eigenvalue weighted by molar-refractivity contribution is -0.141. The summed E-state index contributed by atoms with van der Waals surface area (Å²) >= 11 is 0. The van der Waals surface area contributed by atoms with Crippen LogP contribution in [0.1, 0.15) is 22.7 Å². The Morgan fingerprint density at radius 1 is 1.10 bits per heavy atom. The molecule has 0 bridgehead atoms. The normalized spacial score (nSPS) is 11.8. The Bertz CT molecular complexity index is 617. The van der Waals surface area contributed by atoms with Gasteiger partial charge in [0.2, 0.25) is 0 Å². The number of methoxy groups -OCH3 is 1. The first kappa shape index (κ1) is 15.0. The Morgan fingerprint density at radius 2 is 1.76 bits per heavy atom. The maximum atomic E-state index is 13.5. The van der Waals surface area contributed by atoms with Crippen LogP contribution in [0.15, 0.2) is 42.5 Å². The van der Waals surface area contributed by atoms with E-state index in [4.69, 9.17) is 4.74 Å². The van der Waals surface area contributed by atoms with Crippen molar-refractivity contribution in [3.63, 3.8) is 0 Å². The minimum atomic E-state index is -0.670. The first-order chi connectivity index (χ1) is 9.99. The highest BCUT2D eigenvalue weighted by atomic mass is 19.1. The van der Waals surface area contributed by atoms with Crippen LogP contribution in [0.5, 0.6) is 0 Å². The van der Waals surface area contributed by atoms with Crippen molar-refractivity contribution in [2.45, 2.75) is 19.9 Å². The number of ether oxygens (including phenoxy) is 1. The number of halogens is 1. The minimum absolute atomic E-state index is 0.343. The summed E-state index contributed by atoms with van der Waals surface area (Å²) in [4.78, 5) is 12.0. The zero-order valence-electron chi connectivity index (χ0n) is 12.3. The Hall–Kier alpha value is -2.36. The topological polar surface area (TPSA) is 38.3 Å². The molecular formula is C17H18FNO2. The van der Waals surface area contributed by atoms with Crippen molar-refractivity contribution in [2.75, 3.05) is 12.4 Å². The Labute approximate surface area is 123 Å². The first-order valence-corrected chi connectivity index (χ1v) is 6.67. The third kappa shape index (κ3) is 3.81. The van der Waals surface area contributed by atoms with Crippen molar-refractivity contribution >= 4 is 11.7 Å². The fourth-order valence-corrected chi connectivity index (χ4v) is 2.14. The van der Waals surface area contributed by atoms with E-state index in [1.807, 2.05) is 31.2 Å². The van der Waals surface area contributed by atoms with Crippen molar-refractivity contribution in [1.29, 1.82) is 0 Å². The van der Waals surface area contributed by atoms with Crippen molar-refractivity contribution in [1.82, 2.24) is 0 Å². The van der Waals surface area contributed by atoms with Gasteiger partial charge in [-0.15, -0.1) is 0 Å². The van der Waals surface area contributed by atoms with Gasteiger partial charge >= 0.3 is 5.97 Å². The number of benzene rings is 2. The molecule has 1 unspecified atom stereocenters. The predicted molar refractivity (Wildman–Crippen MR) is 80.7 cm³/mol. The standard InChI is InChI=1S/C17H18FNO2/c1-11-4-6-13(7-5-11)16(17(20)21-3)19-15-9-12(2)8-14(18)10-15/h4-10,16,19H,1-3H3. The van der Waals surface area contributed by atoms with Crippen LogP contribution in [0.3, 0.4) is 0 Å². The second-order valence-electron chi connectivity index (χ2n) is 5.03. The highest BCUT2D eigenvalue weighted by Gasteiger charge is 2.21. The summed E-state index contributed by atoms with van der Waals surface area (Å²) in [7, 11) is 1.34. The number of carbonyl (C=O) groups is 1. The van der Waals surface area contributed by atoms with Gasteiger partial charge in [-0.05, 0) is 43.2 Å². The zero-order valence-corrected chi connectivity index (χ0v) is 12.3. The first-order valence-electron chi connectivity index (χ1n) is 6.67. The lowest BCUT2D eigenvalue weighted by Crippen LogP contribution is -2.22. The van der Waals surface area contributed by atoms with E-state index in [2.05, 4.69) is 5.32 Å². The van der Waals surface area contributed by atoms with Crippen LogP contribution in [0.4, 0.5) is 10.1 Å². The molecule has 3 nitrogen and oxygen atoms in total. The van der Waals surface area contributed by atoms with E-state index in [1.165, 1.54) is 19.2 Å². The van der Waals surface area contributed by atoms with Crippen LogP contribution in [0, 0.1) is 19.7 Å². The molecule has 110 valence electrons. The number of hydrogen-bond donors (Lipinski definition) is 1. The molecule has 2 aromatic rings. The summed E-state index contributed by atoms with van der Waals surface area (Å²) in [5, 5.41) is 3.03. The molecule has 2 rings (SSSR count). The number of rotatable bonds is 4. The summed E-state index contributed by atoms with van der Waals surface area (Å²) in [6.45, 7) is 3.77. The molecule has 0 saturated heterocycles. The summed E-state index contributed by atoms with van der Waals surface area (Å²) in [6.07, 6.45) is 0. The number of hydrogen-bond acceptors (Lipinski definition) is 3. The lowest BCUT2D eigenvalue weighted by atomic mass is 10.0. The number of esters is 1. The molecular weight excluding hydrogens is 269 g/mol. The van der Waals surface area contributed by atoms with Gasteiger partial charge in [-0.3, -0.25) is 0 Å². The van der Waals surface area contributed by atoms with E-state index in [9.17, 15) is 9.18 Å². The molecule has 0 fully saturated rings. The fourth-order valence-electron chi connectivity index (χ4n) is 2.14. The summed E-state index contributed by atoms with van der Waals surface area (Å²) in [5.41, 5.74) is 3.20. The van der Waals surface area contributed by atoms with Gasteiger partial charge in [-0.1, -0.05) is 29.8 Å². The van der Waals surface area contributed by atoms with Crippen LogP contribution in [-0.2, 0) is 9.53 Å². The molecule has 1 atom stereocenters. The van der Waals surface area contributed by atoms with Crippen molar-refractivity contribution in [2.24, 2.45) is 0 Å². The van der Waals surface area contributed by atoms with Gasteiger partial charge in [0.25, 0.3) is 0 Å². The van der Waals surface area contributed by atoms with Crippen LogP contribution in [0.2, 0.25) is 0 Å². The Kier molecular flexibility index (Phi) is 4.58. The quantitative estimate of drug-likeness (QED) is 0.870. The maximum absolute atomic E-state index is 13.5. The second kappa shape index (κ2) is 6.39. The third-order valence-corrected chi connectivity index (χ3v) is 3.20. The Morgan fingerprint density at radius 3 is 2.33 bits per heavy atom. The van der Waals surface area contributed by atoms with Gasteiger partial charge in [-0.25, -0.2) is 9.18 Å². The van der Waals surface area contributed by atoms with Crippen molar-refractivity contribution < 1.29 is 13.9 Å². The number of anilines is 1. The van der Waals surface area contributed by atoms with Crippen molar-refractivity contribution in [3.05, 3.63) is 65.0 Å². The van der Waals surface area contributed by atoms with E-state index in [0.717, 1.165) is 16.7 Å². The van der Waals surface area contributed by atoms with Crippen LogP contribution in [0.25, 0.3) is 0 Å². The van der Waals surface area contributed by atoms with Crippen LogP contribution < -0.4 is 5.32 Å². The average molecular weight is 287 g/mol. The van der Waals surface area contributed by atoms with Crippen LogP contribution in [-0.4, -0.2) is 13.1 Å². The van der Waals surface area contributed by atoms with Gasteiger partial charge in [-0.2, -0.15) is 0 Å². The van der Waals surface area contributed by atoms with Gasteiger partial charge < -0.3 is 10.1 Å². The molecule has 1 N–H and O–H groups in total. The smallest absolute Gasteiger partial charge is 0.332 e. The van der Waals surface area contributed by atoms with Gasteiger partial charge in [0.1, 0.15) is 5.82 Å². The van der Waals surface area contributed by atoms with Gasteiger partial charge in [0.15, 0.2) is 6.04 Å². The van der Waals surface area contributed by atoms with E-state index in [0.29, 0.717) is 5.69 Å². The van der Waals surface area contributed by atoms with Crippen molar-refractivity contribution in [3.8, 4) is 0 Å². The number of nitrogens with one attached hydrogen (secondary N) is 1. The molecule has 0 amide bonds. The molecule has 21 heavy (non-hydrogen) atoms. The van der Waals surface area contributed by atoms with E-state index in [-0.39, 0.29) is 5.82 Å². The van der Waals surface area contributed by atoms with E-state index < -0.39 is 12.0 Å². The van der Waals surface area contributed by atoms with E-state index >= 15 is 0 Å². The molecule has 0 aliphatic heterocycles. The fraction of sp³-hybridized carbons (Fsp3) is 0.235. The van der Waals surface area contributed by atoms with E-state index in [1.54, 1.807) is 13.0 Å². The SMILES string of the molecule is COC(=O)C(Nc1cc(C)cc(F)c1)c1ccc(C)cc1. The Balaban J connectivity index is 2.32.